The number of likely N-dealkylation sites (N-methyl/N-ethyl adjacent to an activating group) is 1. The molecule has 17 heavy (non-hydrogen) atoms. The second-order valence-corrected chi connectivity index (χ2v) is 5.75. The van der Waals surface area contributed by atoms with E-state index in [-0.39, 0.29) is 6.10 Å². The van der Waals surface area contributed by atoms with Crippen molar-refractivity contribution in [2.45, 2.75) is 45.1 Å². The minimum absolute atomic E-state index is 0.130. The second-order valence-electron chi connectivity index (χ2n) is 4.64. The van der Waals surface area contributed by atoms with Crippen LogP contribution in [-0.4, -0.2) is 25.2 Å². The highest BCUT2D eigenvalue weighted by Crippen LogP contribution is 2.36. The van der Waals surface area contributed by atoms with E-state index in [4.69, 9.17) is 9.72 Å². The minimum atomic E-state index is 0.130. The summed E-state index contributed by atoms with van der Waals surface area (Å²) in [6, 6.07) is 0. The van der Waals surface area contributed by atoms with Crippen molar-refractivity contribution in [3.05, 3.63) is 15.6 Å². The quantitative estimate of drug-likeness (QED) is 0.877. The SMILES string of the molecule is CCNCC1CCCc2sc(C(C)OC)nc21. The van der Waals surface area contributed by atoms with Crippen LogP contribution in [0, 0.1) is 0 Å². The number of hydrogen-bond donors (Lipinski definition) is 1. The highest BCUT2D eigenvalue weighted by Gasteiger charge is 2.25. The van der Waals surface area contributed by atoms with Crippen LogP contribution in [0.4, 0.5) is 0 Å². The summed E-state index contributed by atoms with van der Waals surface area (Å²) in [6.45, 7) is 6.33. The van der Waals surface area contributed by atoms with Crippen molar-refractivity contribution >= 4 is 11.3 Å². The van der Waals surface area contributed by atoms with Gasteiger partial charge >= 0.3 is 0 Å². The van der Waals surface area contributed by atoms with Gasteiger partial charge in [-0.05, 0) is 32.7 Å². The Kier molecular flexibility index (Phi) is 4.54. The predicted molar refractivity (Wildman–Crippen MR) is 71.8 cm³/mol. The summed E-state index contributed by atoms with van der Waals surface area (Å²) in [6.07, 6.45) is 3.90. The summed E-state index contributed by atoms with van der Waals surface area (Å²) in [7, 11) is 1.75. The van der Waals surface area contributed by atoms with Gasteiger partial charge in [0.2, 0.25) is 0 Å². The summed E-state index contributed by atoms with van der Waals surface area (Å²) >= 11 is 1.84. The molecule has 0 aromatic carbocycles. The summed E-state index contributed by atoms with van der Waals surface area (Å²) in [5.74, 6) is 0.604. The van der Waals surface area contributed by atoms with E-state index in [1.807, 2.05) is 11.3 Å². The molecule has 0 spiro atoms. The van der Waals surface area contributed by atoms with Crippen LogP contribution in [0.5, 0.6) is 0 Å². The lowest BCUT2D eigenvalue weighted by Crippen LogP contribution is -2.24. The molecule has 1 aliphatic rings. The van der Waals surface area contributed by atoms with Crippen molar-refractivity contribution in [1.29, 1.82) is 0 Å². The predicted octanol–water partition coefficient (Wildman–Crippen LogP) is 2.88. The maximum atomic E-state index is 5.36. The molecule has 0 fully saturated rings. The van der Waals surface area contributed by atoms with E-state index >= 15 is 0 Å². The largest absolute Gasteiger partial charge is 0.375 e. The summed E-state index contributed by atoms with van der Waals surface area (Å²) in [5.41, 5.74) is 1.33. The van der Waals surface area contributed by atoms with Crippen LogP contribution in [0.2, 0.25) is 0 Å². The van der Waals surface area contributed by atoms with Crippen LogP contribution in [0.3, 0.4) is 0 Å². The van der Waals surface area contributed by atoms with Crippen molar-refractivity contribution in [3.63, 3.8) is 0 Å². The van der Waals surface area contributed by atoms with Gasteiger partial charge < -0.3 is 10.1 Å². The molecule has 0 amide bonds. The Labute approximate surface area is 108 Å². The summed E-state index contributed by atoms with van der Waals surface area (Å²) in [4.78, 5) is 6.29. The Morgan fingerprint density at radius 2 is 2.41 bits per heavy atom. The topological polar surface area (TPSA) is 34.1 Å². The molecule has 1 N–H and O–H groups in total. The fourth-order valence-corrected chi connectivity index (χ4v) is 3.54. The fourth-order valence-electron chi connectivity index (χ4n) is 2.32. The standard InChI is InChI=1S/C13H22N2OS/c1-4-14-8-10-6-5-7-11-12(10)15-13(17-11)9(2)16-3/h9-10,14H,4-8H2,1-3H3. The number of methoxy groups -OCH3 is 1. The van der Waals surface area contributed by atoms with E-state index in [0.717, 1.165) is 18.1 Å². The molecule has 1 aromatic rings. The third-order valence-corrected chi connectivity index (χ3v) is 4.72. The van der Waals surface area contributed by atoms with Gasteiger partial charge in [-0.2, -0.15) is 0 Å². The van der Waals surface area contributed by atoms with Crippen LogP contribution in [0.1, 0.15) is 54.3 Å². The lowest BCUT2D eigenvalue weighted by Gasteiger charge is -2.21. The highest BCUT2D eigenvalue weighted by atomic mass is 32.1. The molecule has 1 aromatic heterocycles. The first kappa shape index (κ1) is 13.0. The molecule has 4 heteroatoms. The van der Waals surface area contributed by atoms with Gasteiger partial charge in [-0.15, -0.1) is 11.3 Å². The van der Waals surface area contributed by atoms with Crippen LogP contribution >= 0.6 is 11.3 Å². The minimum Gasteiger partial charge on any atom is -0.375 e. The van der Waals surface area contributed by atoms with E-state index < -0.39 is 0 Å². The smallest absolute Gasteiger partial charge is 0.122 e. The third-order valence-electron chi connectivity index (χ3n) is 3.43. The zero-order valence-corrected chi connectivity index (χ0v) is 11.8. The molecule has 0 aliphatic heterocycles. The Morgan fingerprint density at radius 1 is 1.59 bits per heavy atom. The third kappa shape index (κ3) is 2.87. The first-order chi connectivity index (χ1) is 8.26. The normalized spacial score (nSPS) is 21.2. The number of fused-ring (bicyclic) bond motifs is 1. The van der Waals surface area contributed by atoms with E-state index in [0.29, 0.717) is 5.92 Å². The Morgan fingerprint density at radius 3 is 3.12 bits per heavy atom. The average molecular weight is 254 g/mol. The monoisotopic (exact) mass is 254 g/mol. The zero-order valence-electron chi connectivity index (χ0n) is 11.0. The lowest BCUT2D eigenvalue weighted by molar-refractivity contribution is 0.119. The van der Waals surface area contributed by atoms with E-state index in [1.165, 1.54) is 29.8 Å². The molecule has 2 atom stereocenters. The summed E-state index contributed by atoms with van der Waals surface area (Å²) in [5, 5.41) is 4.58. The molecule has 96 valence electrons. The molecule has 0 saturated heterocycles. The molecule has 2 rings (SSSR count). The van der Waals surface area contributed by atoms with Crippen LogP contribution < -0.4 is 5.32 Å². The van der Waals surface area contributed by atoms with E-state index in [9.17, 15) is 0 Å². The van der Waals surface area contributed by atoms with Crippen LogP contribution in [0.15, 0.2) is 0 Å². The highest BCUT2D eigenvalue weighted by molar-refractivity contribution is 7.11. The molecule has 0 saturated carbocycles. The van der Waals surface area contributed by atoms with Crippen molar-refractivity contribution in [2.75, 3.05) is 20.2 Å². The lowest BCUT2D eigenvalue weighted by atomic mass is 9.91. The number of aryl methyl sites for hydroxylation is 1. The number of thiazole rings is 1. The maximum absolute atomic E-state index is 5.36. The molecule has 1 aliphatic carbocycles. The first-order valence-corrected chi connectivity index (χ1v) is 7.30. The second kappa shape index (κ2) is 5.94. The van der Waals surface area contributed by atoms with Crippen molar-refractivity contribution < 1.29 is 4.74 Å². The van der Waals surface area contributed by atoms with Crippen molar-refractivity contribution in [2.24, 2.45) is 0 Å². The van der Waals surface area contributed by atoms with Crippen LogP contribution in [0.25, 0.3) is 0 Å². The van der Waals surface area contributed by atoms with Gasteiger partial charge in [-0.1, -0.05) is 6.92 Å². The van der Waals surface area contributed by atoms with Crippen molar-refractivity contribution in [3.8, 4) is 0 Å². The molecule has 0 bridgehead atoms. The van der Waals surface area contributed by atoms with Gasteiger partial charge in [0.25, 0.3) is 0 Å². The van der Waals surface area contributed by atoms with Gasteiger partial charge in [-0.25, -0.2) is 4.98 Å². The molecule has 1 heterocycles. The maximum Gasteiger partial charge on any atom is 0.122 e. The zero-order chi connectivity index (χ0) is 12.3. The number of nitrogens with one attached hydrogen (secondary N) is 1. The Balaban J connectivity index is 2.16. The first-order valence-electron chi connectivity index (χ1n) is 6.49. The molecule has 3 nitrogen and oxygen atoms in total. The number of aromatic nitrogens is 1. The number of hydrogen-bond acceptors (Lipinski definition) is 4. The fraction of sp³-hybridized carbons (Fsp3) is 0.769. The molecule has 2 unspecified atom stereocenters. The van der Waals surface area contributed by atoms with Crippen molar-refractivity contribution in [1.82, 2.24) is 10.3 Å². The number of rotatable bonds is 5. The van der Waals surface area contributed by atoms with Gasteiger partial charge in [-0.3, -0.25) is 0 Å². The molecular formula is C13H22N2OS. The summed E-state index contributed by atoms with van der Waals surface area (Å²) < 4.78 is 5.36. The molecular weight excluding hydrogens is 232 g/mol. The van der Waals surface area contributed by atoms with Gasteiger partial charge in [0.15, 0.2) is 0 Å². The van der Waals surface area contributed by atoms with E-state index in [1.54, 1.807) is 7.11 Å². The Bertz CT molecular complexity index is 364. The number of nitrogens with zero attached hydrogens (tertiary/aromatic N) is 1. The van der Waals surface area contributed by atoms with Gasteiger partial charge in [0, 0.05) is 24.4 Å². The number of ether oxygens (including phenoxy) is 1. The molecule has 0 radical (unpaired) electrons. The van der Waals surface area contributed by atoms with E-state index in [2.05, 4.69) is 19.2 Å². The Hall–Kier alpha value is -0.450. The average Bonchev–Trinajstić information content (AvgIpc) is 2.79. The van der Waals surface area contributed by atoms with Crippen LogP contribution in [-0.2, 0) is 11.2 Å². The van der Waals surface area contributed by atoms with Gasteiger partial charge in [0.1, 0.15) is 11.1 Å². The van der Waals surface area contributed by atoms with Gasteiger partial charge in [0.05, 0.1) is 5.69 Å².